The molecule has 16 heavy (non-hydrogen) atoms. The van der Waals surface area contributed by atoms with E-state index in [0.29, 0.717) is 12.0 Å². The van der Waals surface area contributed by atoms with Crippen LogP contribution >= 0.6 is 0 Å². The molecule has 0 spiro atoms. The van der Waals surface area contributed by atoms with Crippen LogP contribution in [-0.4, -0.2) is 38.1 Å². The Morgan fingerprint density at radius 3 is 2.56 bits per heavy atom. The zero-order chi connectivity index (χ0) is 11.7. The summed E-state index contributed by atoms with van der Waals surface area (Å²) in [6, 6.07) is 9.61. The monoisotopic (exact) mass is 218 g/mol. The highest BCUT2D eigenvalue weighted by Gasteiger charge is 2.27. The van der Waals surface area contributed by atoms with Gasteiger partial charge >= 0.3 is 0 Å². The van der Waals surface area contributed by atoms with Crippen molar-refractivity contribution in [1.29, 1.82) is 0 Å². The Kier molecular flexibility index (Phi) is 3.20. The van der Waals surface area contributed by atoms with Crippen LogP contribution in [0, 0.1) is 0 Å². The standard InChI is InChI=1S/C14H22N2/c1-11(2)12-6-5-7-13(8-12)16(4)14-9-15(3)10-14/h5-8,11,14H,9-10H2,1-4H3. The minimum atomic E-state index is 0.609. The summed E-state index contributed by atoms with van der Waals surface area (Å²) in [6.45, 7) is 6.86. The Bertz CT molecular complexity index is 354. The van der Waals surface area contributed by atoms with E-state index in [1.807, 2.05) is 0 Å². The first kappa shape index (κ1) is 11.5. The molecule has 88 valence electrons. The van der Waals surface area contributed by atoms with Crippen LogP contribution < -0.4 is 4.90 Å². The van der Waals surface area contributed by atoms with Crippen molar-refractivity contribution in [3.8, 4) is 0 Å². The van der Waals surface area contributed by atoms with Gasteiger partial charge in [0, 0.05) is 25.8 Å². The van der Waals surface area contributed by atoms with Crippen LogP contribution in [0.3, 0.4) is 0 Å². The molecule has 0 aliphatic carbocycles. The second kappa shape index (κ2) is 4.46. The molecular weight excluding hydrogens is 196 g/mol. The molecular formula is C14H22N2. The quantitative estimate of drug-likeness (QED) is 0.769. The smallest absolute Gasteiger partial charge is 0.0540 e. The maximum Gasteiger partial charge on any atom is 0.0540 e. The molecule has 0 N–H and O–H groups in total. The summed E-state index contributed by atoms with van der Waals surface area (Å²) in [5.74, 6) is 0.609. The van der Waals surface area contributed by atoms with Crippen LogP contribution in [0.4, 0.5) is 5.69 Å². The SMILES string of the molecule is CC(C)c1cccc(N(C)C2CN(C)C2)c1. The van der Waals surface area contributed by atoms with E-state index < -0.39 is 0 Å². The molecule has 0 aromatic heterocycles. The molecule has 0 amide bonds. The summed E-state index contributed by atoms with van der Waals surface area (Å²) in [6.07, 6.45) is 0. The largest absolute Gasteiger partial charge is 0.369 e. The van der Waals surface area contributed by atoms with Crippen molar-refractivity contribution in [2.45, 2.75) is 25.8 Å². The lowest BCUT2D eigenvalue weighted by molar-refractivity contribution is 0.187. The summed E-state index contributed by atoms with van der Waals surface area (Å²) in [4.78, 5) is 4.76. The highest BCUT2D eigenvalue weighted by Crippen LogP contribution is 2.24. The fraction of sp³-hybridized carbons (Fsp3) is 0.571. The van der Waals surface area contributed by atoms with Crippen molar-refractivity contribution in [2.75, 3.05) is 32.1 Å². The van der Waals surface area contributed by atoms with Gasteiger partial charge in [-0.25, -0.2) is 0 Å². The molecule has 0 atom stereocenters. The van der Waals surface area contributed by atoms with Gasteiger partial charge < -0.3 is 9.80 Å². The Morgan fingerprint density at radius 2 is 2.00 bits per heavy atom. The number of hydrogen-bond acceptors (Lipinski definition) is 2. The zero-order valence-electron chi connectivity index (χ0n) is 10.8. The van der Waals surface area contributed by atoms with Gasteiger partial charge in [0.2, 0.25) is 0 Å². The number of rotatable bonds is 3. The number of benzene rings is 1. The van der Waals surface area contributed by atoms with Gasteiger partial charge in [-0.2, -0.15) is 0 Å². The van der Waals surface area contributed by atoms with Crippen LogP contribution in [0.5, 0.6) is 0 Å². The van der Waals surface area contributed by atoms with Crippen molar-refractivity contribution in [2.24, 2.45) is 0 Å². The molecule has 0 saturated carbocycles. The lowest BCUT2D eigenvalue weighted by Gasteiger charge is -2.43. The second-order valence-electron chi connectivity index (χ2n) is 5.24. The molecule has 1 aliphatic heterocycles. The number of nitrogens with zero attached hydrogens (tertiary/aromatic N) is 2. The van der Waals surface area contributed by atoms with Gasteiger partial charge in [-0.15, -0.1) is 0 Å². The lowest BCUT2D eigenvalue weighted by Crippen LogP contribution is -2.56. The summed E-state index contributed by atoms with van der Waals surface area (Å²) < 4.78 is 0. The Morgan fingerprint density at radius 1 is 1.31 bits per heavy atom. The van der Waals surface area contributed by atoms with Gasteiger partial charge in [0.15, 0.2) is 0 Å². The number of anilines is 1. The number of likely N-dealkylation sites (tertiary alicyclic amines) is 1. The second-order valence-corrected chi connectivity index (χ2v) is 5.24. The highest BCUT2D eigenvalue weighted by molar-refractivity contribution is 5.50. The van der Waals surface area contributed by atoms with Gasteiger partial charge in [0.05, 0.1) is 6.04 Å². The van der Waals surface area contributed by atoms with Crippen molar-refractivity contribution < 1.29 is 0 Å². The van der Waals surface area contributed by atoms with Crippen LogP contribution in [0.15, 0.2) is 24.3 Å². The third-order valence-corrected chi connectivity index (χ3v) is 3.54. The van der Waals surface area contributed by atoms with E-state index in [4.69, 9.17) is 0 Å². The highest BCUT2D eigenvalue weighted by atomic mass is 15.3. The third kappa shape index (κ3) is 2.22. The van der Waals surface area contributed by atoms with Crippen LogP contribution in [0.1, 0.15) is 25.3 Å². The van der Waals surface area contributed by atoms with E-state index >= 15 is 0 Å². The van der Waals surface area contributed by atoms with Crippen LogP contribution in [-0.2, 0) is 0 Å². The predicted octanol–water partition coefficient (Wildman–Crippen LogP) is 2.56. The molecule has 0 unspecified atom stereocenters. The van der Waals surface area contributed by atoms with Gasteiger partial charge in [-0.3, -0.25) is 0 Å². The average molecular weight is 218 g/mol. The van der Waals surface area contributed by atoms with Crippen molar-refractivity contribution >= 4 is 5.69 Å². The maximum absolute atomic E-state index is 2.41. The Labute approximate surface area is 98.9 Å². The molecule has 0 bridgehead atoms. The van der Waals surface area contributed by atoms with Gasteiger partial charge in [-0.1, -0.05) is 26.0 Å². The van der Waals surface area contributed by atoms with Gasteiger partial charge in [0.25, 0.3) is 0 Å². The number of likely N-dealkylation sites (N-methyl/N-ethyl adjacent to an activating group) is 2. The molecule has 2 heteroatoms. The zero-order valence-corrected chi connectivity index (χ0v) is 10.8. The predicted molar refractivity (Wildman–Crippen MR) is 70.2 cm³/mol. The molecule has 1 aromatic carbocycles. The summed E-state index contributed by atoms with van der Waals surface area (Å²) >= 11 is 0. The molecule has 2 rings (SSSR count). The first-order chi connectivity index (χ1) is 7.58. The summed E-state index contributed by atoms with van der Waals surface area (Å²) in [5, 5.41) is 0. The van der Waals surface area contributed by atoms with Crippen molar-refractivity contribution in [3.05, 3.63) is 29.8 Å². The van der Waals surface area contributed by atoms with E-state index in [0.717, 1.165) is 0 Å². The van der Waals surface area contributed by atoms with Crippen LogP contribution in [0.25, 0.3) is 0 Å². The molecule has 0 radical (unpaired) electrons. The minimum absolute atomic E-state index is 0.609. The molecule has 1 aliphatic rings. The molecule has 1 fully saturated rings. The third-order valence-electron chi connectivity index (χ3n) is 3.54. The fourth-order valence-corrected chi connectivity index (χ4v) is 2.23. The fourth-order valence-electron chi connectivity index (χ4n) is 2.23. The minimum Gasteiger partial charge on any atom is -0.369 e. The first-order valence-electron chi connectivity index (χ1n) is 6.09. The first-order valence-corrected chi connectivity index (χ1v) is 6.09. The van der Waals surface area contributed by atoms with E-state index in [2.05, 4.69) is 62.0 Å². The average Bonchev–Trinajstić information content (AvgIpc) is 2.24. The maximum atomic E-state index is 2.41. The van der Waals surface area contributed by atoms with Gasteiger partial charge in [0.1, 0.15) is 0 Å². The van der Waals surface area contributed by atoms with E-state index in [-0.39, 0.29) is 0 Å². The Balaban J connectivity index is 2.11. The van der Waals surface area contributed by atoms with Crippen LogP contribution in [0.2, 0.25) is 0 Å². The molecule has 1 aromatic rings. The summed E-state index contributed by atoms with van der Waals surface area (Å²) in [7, 11) is 4.38. The summed E-state index contributed by atoms with van der Waals surface area (Å²) in [5.41, 5.74) is 2.78. The van der Waals surface area contributed by atoms with E-state index in [1.54, 1.807) is 0 Å². The topological polar surface area (TPSA) is 6.48 Å². The van der Waals surface area contributed by atoms with Gasteiger partial charge in [-0.05, 0) is 30.7 Å². The van der Waals surface area contributed by atoms with Crippen molar-refractivity contribution in [1.82, 2.24) is 4.90 Å². The molecule has 1 saturated heterocycles. The van der Waals surface area contributed by atoms with Crippen molar-refractivity contribution in [3.63, 3.8) is 0 Å². The Hall–Kier alpha value is -1.02. The van der Waals surface area contributed by atoms with E-state index in [9.17, 15) is 0 Å². The lowest BCUT2D eigenvalue weighted by atomic mass is 10.0. The van der Waals surface area contributed by atoms with E-state index in [1.165, 1.54) is 24.3 Å². The molecule has 1 heterocycles. The molecule has 2 nitrogen and oxygen atoms in total. The normalized spacial score (nSPS) is 17.6. The number of hydrogen-bond donors (Lipinski definition) is 0.